The lowest BCUT2D eigenvalue weighted by atomic mass is 10.1. The van der Waals surface area contributed by atoms with Crippen molar-refractivity contribution in [3.05, 3.63) is 48.0 Å². The number of urea groups is 1. The highest BCUT2D eigenvalue weighted by atomic mass is 35.5. The Balaban J connectivity index is 0.00000392. The van der Waals surface area contributed by atoms with Gasteiger partial charge in [0.05, 0.1) is 6.61 Å². The first-order valence-corrected chi connectivity index (χ1v) is 9.34. The topological polar surface area (TPSA) is 62.8 Å². The summed E-state index contributed by atoms with van der Waals surface area (Å²) in [6, 6.07) is 13.1. The molecule has 154 valence electrons. The van der Waals surface area contributed by atoms with Gasteiger partial charge in [-0.05, 0) is 63.6 Å². The Hall–Kier alpha value is -2.60. The van der Waals surface area contributed by atoms with Crippen LogP contribution in [0, 0.1) is 6.92 Å². The maximum absolute atomic E-state index is 12.2. The number of nitrogens with one attached hydrogen (secondary N) is 2. The first kappa shape index (κ1) is 23.4. The summed E-state index contributed by atoms with van der Waals surface area (Å²) in [7, 11) is 0. The van der Waals surface area contributed by atoms with Crippen molar-refractivity contribution in [1.82, 2.24) is 5.32 Å². The summed E-state index contributed by atoms with van der Waals surface area (Å²) in [5.41, 5.74) is 2.94. The Morgan fingerprint density at radius 1 is 1.00 bits per heavy atom. The molecule has 6 nitrogen and oxygen atoms in total. The number of hydrogen-bond acceptors (Lipinski definition) is 4. The molecule has 2 N–H and O–H groups in total. The zero-order chi connectivity index (χ0) is 19.6. The minimum absolute atomic E-state index is 0. The Kier molecular flexibility index (Phi) is 10.0. The molecule has 0 unspecified atom stereocenters. The quantitative estimate of drug-likeness (QED) is 0.618. The van der Waals surface area contributed by atoms with Gasteiger partial charge in [0.15, 0.2) is 18.2 Å². The van der Waals surface area contributed by atoms with Crippen molar-refractivity contribution in [1.29, 1.82) is 0 Å². The van der Waals surface area contributed by atoms with Crippen molar-refractivity contribution in [2.24, 2.45) is 0 Å². The normalized spacial score (nSPS) is 9.86. The third-order valence-electron chi connectivity index (χ3n) is 4.20. The number of halogens is 1. The van der Waals surface area contributed by atoms with Gasteiger partial charge in [-0.2, -0.15) is 0 Å². The standard InChI is InChI=1S/C21H29N3O3.ClH/c1-5-24(6-2)17-12-13-18(16(4)14-17)23-21(25)22-15-27-20-11-9-8-10-19(20)26-7-3;/h8-14H,5-7,15H2,1-4H3,(H2,22,23,25);1H/p-1. The van der Waals surface area contributed by atoms with E-state index in [2.05, 4.69) is 35.4 Å². The van der Waals surface area contributed by atoms with Gasteiger partial charge in [-0.1, -0.05) is 12.1 Å². The van der Waals surface area contributed by atoms with Gasteiger partial charge in [-0.15, -0.1) is 0 Å². The second-order valence-corrected chi connectivity index (χ2v) is 5.97. The Morgan fingerprint density at radius 3 is 2.21 bits per heavy atom. The van der Waals surface area contributed by atoms with Crippen molar-refractivity contribution >= 4 is 17.4 Å². The van der Waals surface area contributed by atoms with Crippen molar-refractivity contribution in [3.8, 4) is 11.5 Å². The van der Waals surface area contributed by atoms with E-state index in [4.69, 9.17) is 9.47 Å². The Morgan fingerprint density at radius 2 is 1.64 bits per heavy atom. The fourth-order valence-corrected chi connectivity index (χ4v) is 2.76. The summed E-state index contributed by atoms with van der Waals surface area (Å²) in [6.07, 6.45) is 0. The molecule has 2 aromatic rings. The van der Waals surface area contributed by atoms with Crippen LogP contribution in [0.2, 0.25) is 0 Å². The van der Waals surface area contributed by atoms with E-state index in [0.717, 1.165) is 30.0 Å². The molecule has 0 aromatic heterocycles. The molecule has 0 heterocycles. The van der Waals surface area contributed by atoms with Crippen LogP contribution < -0.4 is 37.4 Å². The number of nitrogens with zero attached hydrogens (tertiary/aromatic N) is 1. The molecule has 28 heavy (non-hydrogen) atoms. The predicted molar refractivity (Wildman–Crippen MR) is 110 cm³/mol. The van der Waals surface area contributed by atoms with Crippen molar-refractivity contribution in [2.45, 2.75) is 27.7 Å². The lowest BCUT2D eigenvalue weighted by Crippen LogP contribution is -3.00. The number of anilines is 2. The average molecular weight is 407 g/mol. The lowest BCUT2D eigenvalue weighted by Gasteiger charge is -2.22. The van der Waals surface area contributed by atoms with Crippen LogP contribution in [-0.2, 0) is 0 Å². The molecule has 2 rings (SSSR count). The van der Waals surface area contributed by atoms with Gasteiger partial charge >= 0.3 is 6.03 Å². The largest absolute Gasteiger partial charge is 1.00 e. The monoisotopic (exact) mass is 406 g/mol. The highest BCUT2D eigenvalue weighted by Gasteiger charge is 2.08. The highest BCUT2D eigenvalue weighted by Crippen LogP contribution is 2.26. The molecular formula is C21H29ClN3O3-. The smallest absolute Gasteiger partial charge is 0.321 e. The van der Waals surface area contributed by atoms with Crippen LogP contribution in [-0.4, -0.2) is 32.5 Å². The van der Waals surface area contributed by atoms with Gasteiger partial charge in [-0.3, -0.25) is 0 Å². The van der Waals surface area contributed by atoms with Crippen LogP contribution in [0.25, 0.3) is 0 Å². The van der Waals surface area contributed by atoms with Crippen molar-refractivity contribution < 1.29 is 26.7 Å². The number of carbonyl (C=O) groups is 1. The maximum atomic E-state index is 12.2. The number of benzene rings is 2. The number of amides is 2. The number of aryl methyl sites for hydroxylation is 1. The molecule has 2 aromatic carbocycles. The molecule has 7 heteroatoms. The van der Waals surface area contributed by atoms with Crippen LogP contribution in [0.15, 0.2) is 42.5 Å². The third kappa shape index (κ3) is 6.53. The summed E-state index contributed by atoms with van der Waals surface area (Å²) in [4.78, 5) is 14.4. The first-order valence-electron chi connectivity index (χ1n) is 9.34. The summed E-state index contributed by atoms with van der Waals surface area (Å²) < 4.78 is 11.1. The summed E-state index contributed by atoms with van der Waals surface area (Å²) in [5, 5.41) is 5.56. The number of para-hydroxylation sites is 2. The molecule has 0 aliphatic carbocycles. The van der Waals surface area contributed by atoms with Gasteiger partial charge in [0.25, 0.3) is 0 Å². The Labute approximate surface area is 173 Å². The van der Waals surface area contributed by atoms with Crippen LogP contribution >= 0.6 is 0 Å². The van der Waals surface area contributed by atoms with Crippen molar-refractivity contribution in [3.63, 3.8) is 0 Å². The minimum atomic E-state index is -0.317. The summed E-state index contributed by atoms with van der Waals surface area (Å²) in [6.45, 7) is 10.6. The Bertz CT molecular complexity index is 751. The van der Waals surface area contributed by atoms with Gasteiger partial charge in [0, 0.05) is 24.5 Å². The number of ether oxygens (including phenoxy) is 2. The van der Waals surface area contributed by atoms with E-state index in [1.807, 2.05) is 44.2 Å². The minimum Gasteiger partial charge on any atom is -1.00 e. The van der Waals surface area contributed by atoms with Gasteiger partial charge in [0.2, 0.25) is 0 Å². The van der Waals surface area contributed by atoms with E-state index in [1.54, 1.807) is 6.07 Å². The molecule has 0 radical (unpaired) electrons. The SMILES string of the molecule is CCOc1ccccc1OCNC(=O)Nc1ccc(N(CC)CC)cc1C.[Cl-]. The van der Waals surface area contributed by atoms with Crippen LogP contribution in [0.4, 0.5) is 16.2 Å². The molecule has 0 aliphatic rings. The lowest BCUT2D eigenvalue weighted by molar-refractivity contribution is -0.00000997. The summed E-state index contributed by atoms with van der Waals surface area (Å²) >= 11 is 0. The second kappa shape index (κ2) is 12.0. The predicted octanol–water partition coefficient (Wildman–Crippen LogP) is 1.40. The van der Waals surface area contributed by atoms with Crippen molar-refractivity contribution in [2.75, 3.05) is 36.6 Å². The molecule has 2 amide bonds. The second-order valence-electron chi connectivity index (χ2n) is 5.97. The maximum Gasteiger partial charge on any atom is 0.321 e. The van der Waals surface area contributed by atoms with E-state index in [9.17, 15) is 4.79 Å². The van der Waals surface area contributed by atoms with Crippen LogP contribution in [0.1, 0.15) is 26.3 Å². The van der Waals surface area contributed by atoms with Gasteiger partial charge in [-0.25, -0.2) is 4.79 Å². The van der Waals surface area contributed by atoms with E-state index in [-0.39, 0.29) is 25.2 Å². The van der Waals surface area contributed by atoms with Gasteiger partial charge < -0.3 is 37.4 Å². The summed E-state index contributed by atoms with van der Waals surface area (Å²) in [5.74, 6) is 1.25. The van der Waals surface area contributed by atoms with Gasteiger partial charge in [0.1, 0.15) is 0 Å². The van der Waals surface area contributed by atoms with Crippen LogP contribution in [0.5, 0.6) is 11.5 Å². The molecule has 0 bridgehead atoms. The van der Waals surface area contributed by atoms with Crippen LogP contribution in [0.3, 0.4) is 0 Å². The molecule has 0 saturated carbocycles. The molecule has 0 fully saturated rings. The zero-order valence-corrected chi connectivity index (χ0v) is 17.7. The molecule has 0 aliphatic heterocycles. The fourth-order valence-electron chi connectivity index (χ4n) is 2.76. The van der Waals surface area contributed by atoms with E-state index >= 15 is 0 Å². The van der Waals surface area contributed by atoms with E-state index in [1.165, 1.54) is 0 Å². The third-order valence-corrected chi connectivity index (χ3v) is 4.20. The number of carbonyl (C=O) groups excluding carboxylic acids is 1. The number of hydrogen-bond donors (Lipinski definition) is 2. The highest BCUT2D eigenvalue weighted by molar-refractivity contribution is 5.90. The number of rotatable bonds is 9. The molecule has 0 saturated heterocycles. The molecular weight excluding hydrogens is 378 g/mol. The zero-order valence-electron chi connectivity index (χ0n) is 16.9. The fraction of sp³-hybridized carbons (Fsp3) is 0.381. The van der Waals surface area contributed by atoms with E-state index in [0.29, 0.717) is 18.1 Å². The molecule has 0 spiro atoms. The first-order chi connectivity index (χ1) is 13.1. The average Bonchev–Trinajstić information content (AvgIpc) is 2.66. The van der Waals surface area contributed by atoms with E-state index < -0.39 is 0 Å². The molecule has 0 atom stereocenters.